The van der Waals surface area contributed by atoms with Crippen molar-refractivity contribution in [2.24, 2.45) is 0 Å². The zero-order valence-corrected chi connectivity index (χ0v) is 13.0. The van der Waals surface area contributed by atoms with Crippen molar-refractivity contribution in [2.45, 2.75) is 43.9 Å². The maximum Gasteiger partial charge on any atom is 0.411 e. The van der Waals surface area contributed by atoms with E-state index in [1.807, 2.05) is 30.3 Å². The fraction of sp³-hybridized carbons (Fsp3) is 0.529. The van der Waals surface area contributed by atoms with Gasteiger partial charge in [0.1, 0.15) is 12.1 Å². The molecule has 2 fully saturated rings. The molecule has 1 aliphatic heterocycles. The van der Waals surface area contributed by atoms with Crippen molar-refractivity contribution in [3.63, 3.8) is 0 Å². The van der Waals surface area contributed by atoms with Gasteiger partial charge in [-0.2, -0.15) is 0 Å². The summed E-state index contributed by atoms with van der Waals surface area (Å²) in [5, 5.41) is 12.6. The van der Waals surface area contributed by atoms with E-state index in [1.165, 1.54) is 0 Å². The Morgan fingerprint density at radius 1 is 1.30 bits per heavy atom. The van der Waals surface area contributed by atoms with Crippen molar-refractivity contribution in [2.75, 3.05) is 13.1 Å². The van der Waals surface area contributed by atoms with Gasteiger partial charge in [-0.15, -0.1) is 0 Å². The number of aliphatic hydroxyl groups excluding tert-OH is 1. The first-order valence-electron chi connectivity index (χ1n) is 8.06. The van der Waals surface area contributed by atoms with Gasteiger partial charge in [0.25, 0.3) is 0 Å². The first kappa shape index (κ1) is 15.8. The van der Waals surface area contributed by atoms with Gasteiger partial charge >= 0.3 is 6.09 Å². The highest BCUT2D eigenvalue weighted by Gasteiger charge is 2.50. The third kappa shape index (κ3) is 3.17. The van der Waals surface area contributed by atoms with Crippen LogP contribution in [0.15, 0.2) is 30.3 Å². The maximum absolute atomic E-state index is 12.5. The maximum atomic E-state index is 12.5. The van der Waals surface area contributed by atoms with E-state index in [-0.39, 0.29) is 12.5 Å². The number of carbonyl (C=O) groups excluding carboxylic acids is 2. The predicted molar refractivity (Wildman–Crippen MR) is 83.5 cm³/mol. The second-order valence-electron chi connectivity index (χ2n) is 6.21. The molecule has 1 aliphatic carbocycles. The molecule has 1 heterocycles. The minimum Gasteiger partial charge on any atom is -0.445 e. The molecule has 0 aromatic heterocycles. The molecule has 1 aromatic carbocycles. The summed E-state index contributed by atoms with van der Waals surface area (Å²) in [5.74, 6) is -0.132. The minimum atomic E-state index is -0.870. The zero-order valence-electron chi connectivity index (χ0n) is 13.0. The summed E-state index contributed by atoms with van der Waals surface area (Å²) in [5.41, 5.74) is 0.0426. The van der Waals surface area contributed by atoms with E-state index >= 15 is 0 Å². The fourth-order valence-electron chi connectivity index (χ4n) is 3.42. The van der Waals surface area contributed by atoms with Crippen molar-refractivity contribution in [3.05, 3.63) is 35.9 Å². The van der Waals surface area contributed by atoms with E-state index in [9.17, 15) is 14.7 Å². The van der Waals surface area contributed by atoms with Crippen LogP contribution in [0.2, 0.25) is 0 Å². The summed E-state index contributed by atoms with van der Waals surface area (Å²) in [6, 6.07) is 9.47. The molecule has 2 aliphatic rings. The number of hydrogen-bond donors (Lipinski definition) is 2. The van der Waals surface area contributed by atoms with Crippen molar-refractivity contribution in [3.8, 4) is 0 Å². The second kappa shape index (κ2) is 6.58. The molecule has 1 aromatic rings. The summed E-state index contributed by atoms with van der Waals surface area (Å²) >= 11 is 0. The molecule has 3 rings (SSSR count). The highest BCUT2D eigenvalue weighted by Crippen LogP contribution is 2.36. The van der Waals surface area contributed by atoms with Crippen LogP contribution in [-0.2, 0) is 16.1 Å². The molecule has 0 radical (unpaired) electrons. The molecular formula is C17H22N2O4. The van der Waals surface area contributed by atoms with Crippen LogP contribution in [0, 0.1) is 0 Å². The van der Waals surface area contributed by atoms with Gasteiger partial charge in [-0.05, 0) is 31.2 Å². The molecule has 124 valence electrons. The van der Waals surface area contributed by atoms with Crippen molar-refractivity contribution in [1.29, 1.82) is 0 Å². The summed E-state index contributed by atoms with van der Waals surface area (Å²) < 4.78 is 5.41. The molecule has 6 nitrogen and oxygen atoms in total. The number of nitrogens with zero attached hydrogens (tertiary/aromatic N) is 1. The van der Waals surface area contributed by atoms with Crippen molar-refractivity contribution in [1.82, 2.24) is 10.2 Å². The number of amides is 2. The van der Waals surface area contributed by atoms with Crippen LogP contribution in [0.3, 0.4) is 0 Å². The number of piperazine rings is 1. The average Bonchev–Trinajstić information content (AvgIpc) is 2.58. The van der Waals surface area contributed by atoms with Crippen LogP contribution in [0.1, 0.15) is 31.2 Å². The smallest absolute Gasteiger partial charge is 0.411 e. The lowest BCUT2D eigenvalue weighted by Gasteiger charge is -2.47. The standard InChI is InChI=1S/C17H22N2O4/c20-14-6-8-17(9-7-14)15(21)18-10-11-19(17)16(22)23-12-13-4-2-1-3-5-13/h1-5,14,20H,6-12H2,(H,18,21). The number of aliphatic hydroxyl groups is 1. The Morgan fingerprint density at radius 2 is 2.00 bits per heavy atom. The van der Waals surface area contributed by atoms with Gasteiger partial charge < -0.3 is 15.2 Å². The number of rotatable bonds is 2. The number of nitrogens with one attached hydrogen (secondary N) is 1. The van der Waals surface area contributed by atoms with Gasteiger partial charge in [-0.1, -0.05) is 30.3 Å². The number of ether oxygens (including phenoxy) is 1. The summed E-state index contributed by atoms with van der Waals surface area (Å²) in [6.45, 7) is 1.07. The van der Waals surface area contributed by atoms with Crippen LogP contribution in [-0.4, -0.2) is 46.7 Å². The predicted octanol–water partition coefficient (Wildman–Crippen LogP) is 1.43. The third-order valence-corrected chi connectivity index (χ3v) is 4.77. The van der Waals surface area contributed by atoms with Crippen molar-refractivity contribution >= 4 is 12.0 Å². The average molecular weight is 318 g/mol. The lowest BCUT2D eigenvalue weighted by molar-refractivity contribution is -0.140. The Morgan fingerprint density at radius 3 is 2.70 bits per heavy atom. The van der Waals surface area contributed by atoms with E-state index in [2.05, 4.69) is 5.32 Å². The SMILES string of the molecule is O=C(OCc1ccccc1)N1CCNC(=O)C12CCC(O)CC2. The Balaban J connectivity index is 1.70. The Kier molecular flexibility index (Phi) is 4.52. The quantitative estimate of drug-likeness (QED) is 0.864. The largest absolute Gasteiger partial charge is 0.445 e. The van der Waals surface area contributed by atoms with Gasteiger partial charge in [0, 0.05) is 13.1 Å². The second-order valence-corrected chi connectivity index (χ2v) is 6.21. The highest BCUT2D eigenvalue weighted by atomic mass is 16.6. The number of carbonyl (C=O) groups is 2. The van der Waals surface area contributed by atoms with Crippen LogP contribution in [0.4, 0.5) is 4.79 Å². The Labute approximate surface area is 135 Å². The molecule has 1 saturated carbocycles. The lowest BCUT2D eigenvalue weighted by atomic mass is 9.77. The van der Waals surface area contributed by atoms with E-state index in [1.54, 1.807) is 4.90 Å². The fourth-order valence-corrected chi connectivity index (χ4v) is 3.42. The first-order valence-corrected chi connectivity index (χ1v) is 8.06. The molecule has 1 spiro atoms. The number of hydrogen-bond acceptors (Lipinski definition) is 4. The van der Waals surface area contributed by atoms with E-state index in [0.717, 1.165) is 5.56 Å². The van der Waals surface area contributed by atoms with Gasteiger partial charge in [0.05, 0.1) is 6.10 Å². The van der Waals surface area contributed by atoms with Crippen LogP contribution in [0.25, 0.3) is 0 Å². The van der Waals surface area contributed by atoms with E-state index in [0.29, 0.717) is 38.8 Å². The lowest BCUT2D eigenvalue weighted by Crippen LogP contribution is -2.67. The van der Waals surface area contributed by atoms with Gasteiger partial charge in [0.2, 0.25) is 5.91 Å². The third-order valence-electron chi connectivity index (χ3n) is 4.77. The first-order chi connectivity index (χ1) is 11.1. The van der Waals surface area contributed by atoms with Crippen LogP contribution in [0.5, 0.6) is 0 Å². The molecule has 2 N–H and O–H groups in total. The molecule has 0 bridgehead atoms. The van der Waals surface area contributed by atoms with Gasteiger partial charge in [-0.25, -0.2) is 4.79 Å². The Hall–Kier alpha value is -2.08. The molecule has 0 atom stereocenters. The summed E-state index contributed by atoms with van der Waals surface area (Å²) in [7, 11) is 0. The molecule has 23 heavy (non-hydrogen) atoms. The number of benzene rings is 1. The highest BCUT2D eigenvalue weighted by molar-refractivity contribution is 5.91. The van der Waals surface area contributed by atoms with Crippen LogP contribution < -0.4 is 5.32 Å². The zero-order chi connectivity index (χ0) is 16.3. The van der Waals surface area contributed by atoms with E-state index < -0.39 is 17.7 Å². The molecule has 2 amide bonds. The van der Waals surface area contributed by atoms with Gasteiger partial charge in [-0.3, -0.25) is 9.69 Å². The molecule has 0 unspecified atom stereocenters. The molecule has 6 heteroatoms. The summed E-state index contributed by atoms with van der Waals surface area (Å²) in [4.78, 5) is 26.5. The monoisotopic (exact) mass is 318 g/mol. The van der Waals surface area contributed by atoms with Crippen molar-refractivity contribution < 1.29 is 19.4 Å². The van der Waals surface area contributed by atoms with Gasteiger partial charge in [0.15, 0.2) is 0 Å². The molecule has 1 saturated heterocycles. The molecular weight excluding hydrogens is 296 g/mol. The summed E-state index contributed by atoms with van der Waals surface area (Å²) in [6.07, 6.45) is 1.14. The normalized spacial score (nSPS) is 27.6. The van der Waals surface area contributed by atoms with E-state index in [4.69, 9.17) is 4.74 Å². The van der Waals surface area contributed by atoms with Crippen LogP contribution >= 0.6 is 0 Å². The topological polar surface area (TPSA) is 78.9 Å². The Bertz CT molecular complexity index is 567. The minimum absolute atomic E-state index is 0.132.